The molecule has 0 aliphatic carbocycles. The number of anilines is 2. The summed E-state index contributed by atoms with van der Waals surface area (Å²) in [6, 6.07) is 5.17. The Balaban J connectivity index is 1.99. The molecule has 2 rings (SSSR count). The Morgan fingerprint density at radius 3 is 2.81 bits per heavy atom. The maximum Gasteiger partial charge on any atom is 0.241 e. The largest absolute Gasteiger partial charge is 0.397 e. The molecule has 5 nitrogen and oxygen atoms in total. The summed E-state index contributed by atoms with van der Waals surface area (Å²) in [5, 5.41) is 3.40. The molecule has 1 amide bonds. The number of carbonyl (C=O) groups is 1. The number of nitrogens with one attached hydrogen (secondary N) is 1. The smallest absolute Gasteiger partial charge is 0.241 e. The summed E-state index contributed by atoms with van der Waals surface area (Å²) < 4.78 is 5.36. The van der Waals surface area contributed by atoms with Crippen LogP contribution >= 0.6 is 11.6 Å². The van der Waals surface area contributed by atoms with E-state index in [0.717, 1.165) is 26.1 Å². The number of hydrogen-bond donors (Lipinski definition) is 2. The molecule has 0 saturated carbocycles. The van der Waals surface area contributed by atoms with Gasteiger partial charge in [0.25, 0.3) is 0 Å². The third-order valence-electron chi connectivity index (χ3n) is 4.03. The summed E-state index contributed by atoms with van der Waals surface area (Å²) in [7, 11) is 1.97. The van der Waals surface area contributed by atoms with E-state index in [1.807, 2.05) is 14.0 Å². The fourth-order valence-corrected chi connectivity index (χ4v) is 2.64. The first-order chi connectivity index (χ1) is 9.99. The van der Waals surface area contributed by atoms with Crippen LogP contribution in [0.3, 0.4) is 0 Å². The Morgan fingerprint density at radius 1 is 1.48 bits per heavy atom. The van der Waals surface area contributed by atoms with Crippen molar-refractivity contribution in [2.75, 3.05) is 31.3 Å². The van der Waals surface area contributed by atoms with Crippen molar-refractivity contribution in [3.63, 3.8) is 0 Å². The zero-order chi connectivity index (χ0) is 15.4. The van der Waals surface area contributed by atoms with E-state index in [1.54, 1.807) is 18.2 Å². The van der Waals surface area contributed by atoms with Gasteiger partial charge in [0.05, 0.1) is 17.4 Å². The minimum absolute atomic E-state index is 0.0852. The molecule has 1 aliphatic rings. The average molecular weight is 312 g/mol. The van der Waals surface area contributed by atoms with Gasteiger partial charge in [0.2, 0.25) is 5.91 Å². The van der Waals surface area contributed by atoms with Crippen molar-refractivity contribution < 1.29 is 9.53 Å². The van der Waals surface area contributed by atoms with Crippen LogP contribution in [-0.2, 0) is 9.53 Å². The topological polar surface area (TPSA) is 67.6 Å². The Hall–Kier alpha value is -1.30. The minimum Gasteiger partial charge on any atom is -0.397 e. The minimum atomic E-state index is -0.244. The third-order valence-corrected chi connectivity index (χ3v) is 4.27. The summed E-state index contributed by atoms with van der Waals surface area (Å²) in [5.74, 6) is -0.0852. The van der Waals surface area contributed by atoms with Gasteiger partial charge < -0.3 is 15.8 Å². The normalized spacial score (nSPS) is 17.7. The Labute approximate surface area is 130 Å². The van der Waals surface area contributed by atoms with Gasteiger partial charge in [-0.15, -0.1) is 0 Å². The molecule has 0 bridgehead atoms. The third kappa shape index (κ3) is 4.09. The molecular weight excluding hydrogens is 290 g/mol. The van der Waals surface area contributed by atoms with Gasteiger partial charge in [-0.2, -0.15) is 0 Å². The van der Waals surface area contributed by atoms with Crippen LogP contribution in [0.25, 0.3) is 0 Å². The molecule has 6 heteroatoms. The molecule has 0 aromatic heterocycles. The van der Waals surface area contributed by atoms with E-state index in [1.165, 1.54) is 0 Å². The number of benzene rings is 1. The lowest BCUT2D eigenvalue weighted by molar-refractivity contribution is -0.121. The molecule has 1 saturated heterocycles. The predicted molar refractivity (Wildman–Crippen MR) is 85.6 cm³/mol. The summed E-state index contributed by atoms with van der Waals surface area (Å²) >= 11 is 5.93. The second-order valence-electron chi connectivity index (χ2n) is 5.41. The van der Waals surface area contributed by atoms with Crippen LogP contribution < -0.4 is 11.1 Å². The van der Waals surface area contributed by atoms with Crippen molar-refractivity contribution in [2.24, 2.45) is 0 Å². The molecule has 1 atom stereocenters. The molecule has 116 valence electrons. The average Bonchev–Trinajstić information content (AvgIpc) is 2.50. The van der Waals surface area contributed by atoms with Crippen LogP contribution in [0.2, 0.25) is 5.02 Å². The second kappa shape index (κ2) is 7.11. The number of rotatable bonds is 4. The standard InChI is InChI=1S/C15H22ClN3O2/c1-10(19(2)12-5-7-21-8-6-12)15(20)18-14-9-11(16)3-4-13(14)17/h3-4,9-10,12H,5-8,17H2,1-2H3,(H,18,20). The maximum atomic E-state index is 12.4. The number of nitrogens with zero attached hydrogens (tertiary/aromatic N) is 1. The number of halogens is 1. The van der Waals surface area contributed by atoms with E-state index in [2.05, 4.69) is 10.2 Å². The highest BCUT2D eigenvalue weighted by atomic mass is 35.5. The number of hydrogen-bond acceptors (Lipinski definition) is 4. The Morgan fingerprint density at radius 2 is 2.14 bits per heavy atom. The molecular formula is C15H22ClN3O2. The molecule has 1 unspecified atom stereocenters. The molecule has 21 heavy (non-hydrogen) atoms. The first kappa shape index (κ1) is 16.1. The van der Waals surface area contributed by atoms with Crippen LogP contribution in [0.5, 0.6) is 0 Å². The fraction of sp³-hybridized carbons (Fsp3) is 0.533. The van der Waals surface area contributed by atoms with Gasteiger partial charge >= 0.3 is 0 Å². The van der Waals surface area contributed by atoms with Gasteiger partial charge in [-0.05, 0) is 45.0 Å². The molecule has 1 aromatic carbocycles. The van der Waals surface area contributed by atoms with E-state index in [4.69, 9.17) is 22.1 Å². The van der Waals surface area contributed by atoms with Crippen molar-refractivity contribution >= 4 is 28.9 Å². The lowest BCUT2D eigenvalue weighted by atomic mass is 10.1. The second-order valence-corrected chi connectivity index (χ2v) is 5.84. The molecule has 1 aliphatic heterocycles. The van der Waals surface area contributed by atoms with Gasteiger partial charge in [0.1, 0.15) is 0 Å². The summed E-state index contributed by atoms with van der Waals surface area (Å²) in [6.07, 6.45) is 1.90. The van der Waals surface area contributed by atoms with Gasteiger partial charge in [0, 0.05) is 24.3 Å². The van der Waals surface area contributed by atoms with Crippen molar-refractivity contribution in [1.82, 2.24) is 4.90 Å². The number of nitrogens with two attached hydrogens (primary N) is 1. The first-order valence-electron chi connectivity index (χ1n) is 7.14. The highest BCUT2D eigenvalue weighted by Gasteiger charge is 2.26. The van der Waals surface area contributed by atoms with Crippen LogP contribution in [0.4, 0.5) is 11.4 Å². The Kier molecular flexibility index (Phi) is 5.45. The molecule has 3 N–H and O–H groups in total. The van der Waals surface area contributed by atoms with E-state index >= 15 is 0 Å². The van der Waals surface area contributed by atoms with E-state index in [9.17, 15) is 4.79 Å². The monoisotopic (exact) mass is 311 g/mol. The molecule has 1 heterocycles. The lowest BCUT2D eigenvalue weighted by Gasteiger charge is -2.34. The number of likely N-dealkylation sites (N-methyl/N-ethyl adjacent to an activating group) is 1. The number of ether oxygens (including phenoxy) is 1. The van der Waals surface area contributed by atoms with Crippen molar-refractivity contribution in [1.29, 1.82) is 0 Å². The lowest BCUT2D eigenvalue weighted by Crippen LogP contribution is -2.47. The van der Waals surface area contributed by atoms with Crippen LogP contribution in [0.1, 0.15) is 19.8 Å². The van der Waals surface area contributed by atoms with Crippen molar-refractivity contribution in [2.45, 2.75) is 31.8 Å². The molecule has 0 radical (unpaired) electrons. The highest BCUT2D eigenvalue weighted by molar-refractivity contribution is 6.31. The van der Waals surface area contributed by atoms with Gasteiger partial charge in [-0.3, -0.25) is 9.69 Å². The zero-order valence-electron chi connectivity index (χ0n) is 12.4. The van der Waals surface area contributed by atoms with Crippen LogP contribution in [0.15, 0.2) is 18.2 Å². The van der Waals surface area contributed by atoms with Crippen LogP contribution in [-0.4, -0.2) is 43.2 Å². The predicted octanol–water partition coefficient (Wildman–Crippen LogP) is 2.36. The van der Waals surface area contributed by atoms with Crippen molar-refractivity contribution in [3.05, 3.63) is 23.2 Å². The number of amides is 1. The van der Waals surface area contributed by atoms with Crippen LogP contribution in [0, 0.1) is 0 Å². The maximum absolute atomic E-state index is 12.4. The van der Waals surface area contributed by atoms with E-state index < -0.39 is 0 Å². The molecule has 1 aromatic rings. The number of carbonyl (C=O) groups excluding carboxylic acids is 1. The Bertz CT molecular complexity index is 504. The summed E-state index contributed by atoms with van der Waals surface area (Å²) in [4.78, 5) is 14.5. The van der Waals surface area contributed by atoms with Crippen molar-refractivity contribution in [3.8, 4) is 0 Å². The van der Waals surface area contributed by atoms with E-state index in [0.29, 0.717) is 22.4 Å². The highest BCUT2D eigenvalue weighted by Crippen LogP contribution is 2.24. The van der Waals surface area contributed by atoms with E-state index in [-0.39, 0.29) is 11.9 Å². The SMILES string of the molecule is CC(C(=O)Nc1cc(Cl)ccc1N)N(C)C1CCOCC1. The quantitative estimate of drug-likeness (QED) is 0.838. The number of nitrogen functional groups attached to an aromatic ring is 1. The van der Waals surface area contributed by atoms with Gasteiger partial charge in [0.15, 0.2) is 0 Å². The molecule has 1 fully saturated rings. The summed E-state index contributed by atoms with van der Waals surface area (Å²) in [5.41, 5.74) is 6.92. The molecule has 0 spiro atoms. The zero-order valence-corrected chi connectivity index (χ0v) is 13.2. The van der Waals surface area contributed by atoms with Gasteiger partial charge in [-0.25, -0.2) is 0 Å². The van der Waals surface area contributed by atoms with Gasteiger partial charge in [-0.1, -0.05) is 11.6 Å². The summed E-state index contributed by atoms with van der Waals surface area (Å²) in [6.45, 7) is 3.40. The first-order valence-corrected chi connectivity index (χ1v) is 7.52. The fourth-order valence-electron chi connectivity index (χ4n) is 2.47.